The summed E-state index contributed by atoms with van der Waals surface area (Å²) in [5.41, 5.74) is 1.18. The highest BCUT2D eigenvalue weighted by atomic mass is 16.6. The van der Waals surface area contributed by atoms with Gasteiger partial charge in [-0.3, -0.25) is 10.1 Å². The van der Waals surface area contributed by atoms with Crippen molar-refractivity contribution in [2.24, 2.45) is 0 Å². The van der Waals surface area contributed by atoms with Gasteiger partial charge < -0.3 is 0 Å². The summed E-state index contributed by atoms with van der Waals surface area (Å²) in [5.74, 6) is 0. The first-order chi connectivity index (χ1) is 6.11. The van der Waals surface area contributed by atoms with Crippen molar-refractivity contribution in [2.75, 3.05) is 0 Å². The minimum Gasteiger partial charge on any atom is -0.258 e. The first-order valence-electron chi connectivity index (χ1n) is 4.32. The van der Waals surface area contributed by atoms with E-state index in [1.165, 1.54) is 18.6 Å². The van der Waals surface area contributed by atoms with Gasteiger partial charge in [0.1, 0.15) is 0 Å². The van der Waals surface area contributed by atoms with Crippen molar-refractivity contribution < 1.29 is 4.92 Å². The molecule has 1 rings (SSSR count). The second-order valence-corrected chi connectivity index (χ2v) is 2.80. The van der Waals surface area contributed by atoms with E-state index in [-0.39, 0.29) is 5.69 Å². The lowest BCUT2D eigenvalue weighted by atomic mass is 10.2. The molecule has 0 amide bonds. The summed E-state index contributed by atoms with van der Waals surface area (Å²) in [6.07, 6.45) is 1.25. The van der Waals surface area contributed by atoms with E-state index in [9.17, 15) is 10.1 Å². The summed E-state index contributed by atoms with van der Waals surface area (Å²) in [7, 11) is 0. The molecule has 72 valence electrons. The highest BCUT2D eigenvalue weighted by Gasteiger charge is 2.00. The maximum absolute atomic E-state index is 10.1. The fourth-order valence-electron chi connectivity index (χ4n) is 0.666. The number of nitrogens with zero attached hydrogens (tertiary/aromatic N) is 1. The highest BCUT2D eigenvalue weighted by molar-refractivity contribution is 5.31. The zero-order valence-electron chi connectivity index (χ0n) is 8.28. The monoisotopic (exact) mass is 181 g/mol. The number of hydrogen-bond donors (Lipinski definition) is 0. The van der Waals surface area contributed by atoms with E-state index in [1.54, 1.807) is 12.1 Å². The van der Waals surface area contributed by atoms with Gasteiger partial charge in [-0.25, -0.2) is 0 Å². The molecule has 0 N–H and O–H groups in total. The summed E-state index contributed by atoms with van der Waals surface area (Å²) in [4.78, 5) is 9.71. The molecule has 0 aliphatic rings. The number of non-ortho nitro benzene ring substituents is 1. The zero-order valence-corrected chi connectivity index (χ0v) is 8.28. The largest absolute Gasteiger partial charge is 0.269 e. The molecule has 0 bridgehead atoms. The number of nitro benzene ring substituents is 1. The van der Waals surface area contributed by atoms with Crippen molar-refractivity contribution in [1.29, 1.82) is 0 Å². The van der Waals surface area contributed by atoms with E-state index in [0.717, 1.165) is 5.56 Å². The Hall–Kier alpha value is -1.38. The quantitative estimate of drug-likeness (QED) is 0.492. The maximum atomic E-state index is 10.1. The van der Waals surface area contributed by atoms with Gasteiger partial charge in [-0.1, -0.05) is 38.0 Å². The lowest BCUT2D eigenvalue weighted by molar-refractivity contribution is -0.384. The third-order valence-corrected chi connectivity index (χ3v) is 1.24. The van der Waals surface area contributed by atoms with E-state index in [4.69, 9.17) is 0 Å². The van der Waals surface area contributed by atoms with E-state index in [2.05, 4.69) is 13.8 Å². The molecule has 0 spiro atoms. The third-order valence-electron chi connectivity index (χ3n) is 1.24. The molecule has 13 heavy (non-hydrogen) atoms. The molecule has 1 aromatic rings. The summed E-state index contributed by atoms with van der Waals surface area (Å²) in [6.45, 7) is 6.14. The fraction of sp³-hybridized carbons (Fsp3) is 0.400. The first-order valence-corrected chi connectivity index (χ1v) is 4.32. The topological polar surface area (TPSA) is 43.1 Å². The minimum atomic E-state index is -0.403. The molecule has 0 fully saturated rings. The molecule has 0 aromatic heterocycles. The van der Waals surface area contributed by atoms with E-state index < -0.39 is 4.92 Å². The van der Waals surface area contributed by atoms with Gasteiger partial charge in [-0.2, -0.15) is 0 Å². The molecule has 0 aliphatic carbocycles. The summed E-state index contributed by atoms with van der Waals surface area (Å²) < 4.78 is 0. The predicted molar refractivity (Wildman–Crippen MR) is 53.8 cm³/mol. The second-order valence-electron chi connectivity index (χ2n) is 2.80. The zero-order chi connectivity index (χ0) is 10.3. The molecular formula is C10H15NO2. The van der Waals surface area contributed by atoms with Crippen molar-refractivity contribution >= 4 is 5.69 Å². The number of hydrogen-bond acceptors (Lipinski definition) is 2. The van der Waals surface area contributed by atoms with Gasteiger partial charge in [0.2, 0.25) is 0 Å². The van der Waals surface area contributed by atoms with Gasteiger partial charge in [0, 0.05) is 12.1 Å². The van der Waals surface area contributed by atoms with Gasteiger partial charge in [0.15, 0.2) is 0 Å². The maximum Gasteiger partial charge on any atom is 0.269 e. The average molecular weight is 181 g/mol. The molecule has 0 aliphatic heterocycles. The lowest BCUT2D eigenvalue weighted by Crippen LogP contribution is -1.86. The van der Waals surface area contributed by atoms with Crippen molar-refractivity contribution in [1.82, 2.24) is 0 Å². The van der Waals surface area contributed by atoms with Crippen LogP contribution in [0.2, 0.25) is 0 Å². The smallest absolute Gasteiger partial charge is 0.258 e. The van der Waals surface area contributed by atoms with Gasteiger partial charge in [-0.15, -0.1) is 0 Å². The molecule has 0 unspecified atom stereocenters. The third kappa shape index (κ3) is 4.95. The summed E-state index contributed by atoms with van der Waals surface area (Å²) in [6, 6.07) is 6.43. The van der Waals surface area contributed by atoms with Crippen LogP contribution < -0.4 is 0 Å². The molecule has 0 heterocycles. The first kappa shape index (κ1) is 11.6. The van der Waals surface area contributed by atoms with Crippen LogP contribution in [0.4, 0.5) is 5.69 Å². The molecule has 0 saturated heterocycles. The number of aryl methyl sites for hydroxylation is 1. The predicted octanol–water partition coefficient (Wildman–Crippen LogP) is 3.32. The van der Waals surface area contributed by atoms with Crippen molar-refractivity contribution in [3.05, 3.63) is 39.9 Å². The Morgan fingerprint density at radius 1 is 1.23 bits per heavy atom. The molecule has 0 radical (unpaired) electrons. The Labute approximate surface area is 78.5 Å². The SMILES string of the molecule is CCC.Cc1ccc([N+](=O)[O-])cc1. The standard InChI is InChI=1S/C7H7NO2.C3H8/c1-6-2-4-7(5-3-6)8(9)10;1-3-2/h2-5H,1H3;3H2,1-2H3. The van der Waals surface area contributed by atoms with Gasteiger partial charge in [0.05, 0.1) is 4.92 Å². The van der Waals surface area contributed by atoms with Gasteiger partial charge in [-0.05, 0) is 6.92 Å². The van der Waals surface area contributed by atoms with Crippen LogP contribution in [0, 0.1) is 17.0 Å². The van der Waals surface area contributed by atoms with Gasteiger partial charge in [0.25, 0.3) is 5.69 Å². The van der Waals surface area contributed by atoms with Crippen LogP contribution in [-0.4, -0.2) is 4.92 Å². The molecular weight excluding hydrogens is 166 g/mol. The van der Waals surface area contributed by atoms with E-state index >= 15 is 0 Å². The van der Waals surface area contributed by atoms with Crippen LogP contribution >= 0.6 is 0 Å². The Morgan fingerprint density at radius 3 is 1.92 bits per heavy atom. The number of benzene rings is 1. The fourth-order valence-corrected chi connectivity index (χ4v) is 0.666. The van der Waals surface area contributed by atoms with Crippen LogP contribution in [-0.2, 0) is 0 Å². The Kier molecular flexibility index (Phi) is 5.52. The Morgan fingerprint density at radius 2 is 1.62 bits per heavy atom. The van der Waals surface area contributed by atoms with E-state index in [0.29, 0.717) is 0 Å². The average Bonchev–Trinajstić information content (AvgIpc) is 2.06. The summed E-state index contributed by atoms with van der Waals surface area (Å²) >= 11 is 0. The Bertz CT molecular complexity index is 254. The molecule has 3 nitrogen and oxygen atoms in total. The van der Waals surface area contributed by atoms with E-state index in [1.807, 2.05) is 6.92 Å². The van der Waals surface area contributed by atoms with Crippen molar-refractivity contribution in [2.45, 2.75) is 27.2 Å². The van der Waals surface area contributed by atoms with Crippen LogP contribution in [0.1, 0.15) is 25.8 Å². The number of rotatable bonds is 1. The van der Waals surface area contributed by atoms with Crippen molar-refractivity contribution in [3.8, 4) is 0 Å². The molecule has 0 atom stereocenters. The molecule has 1 aromatic carbocycles. The van der Waals surface area contributed by atoms with Crippen molar-refractivity contribution in [3.63, 3.8) is 0 Å². The number of nitro groups is 1. The molecule has 3 heteroatoms. The van der Waals surface area contributed by atoms with Crippen LogP contribution in [0.15, 0.2) is 24.3 Å². The highest BCUT2D eigenvalue weighted by Crippen LogP contribution is 2.10. The second kappa shape index (κ2) is 6.17. The van der Waals surface area contributed by atoms with Crippen LogP contribution in [0.3, 0.4) is 0 Å². The normalized spacial score (nSPS) is 8.54. The van der Waals surface area contributed by atoms with Crippen LogP contribution in [0.25, 0.3) is 0 Å². The van der Waals surface area contributed by atoms with Gasteiger partial charge >= 0.3 is 0 Å². The lowest BCUT2D eigenvalue weighted by Gasteiger charge is -1.90. The van der Waals surface area contributed by atoms with Crippen LogP contribution in [0.5, 0.6) is 0 Å². The summed E-state index contributed by atoms with van der Waals surface area (Å²) in [5, 5.41) is 10.1. The minimum absolute atomic E-state index is 0.144. The Balaban J connectivity index is 0.000000424. The molecule has 0 saturated carbocycles.